The fraction of sp³-hybridized carbons (Fsp3) is 0.188. The first-order chi connectivity index (χ1) is 14.5. The molecule has 10 nitrogen and oxygen atoms in total. The molecule has 0 aliphatic carbocycles. The first-order valence-electron chi connectivity index (χ1n) is 7.58. The molecule has 0 aromatic carbocycles. The van der Waals surface area contributed by atoms with Gasteiger partial charge in [-0.15, -0.1) is 0 Å². The number of esters is 2. The monoisotopic (exact) mass is 517 g/mol. The fourth-order valence-electron chi connectivity index (χ4n) is 1.46. The molecular weight excluding hydrogens is 501 g/mol. The second kappa shape index (κ2) is 16.7. The van der Waals surface area contributed by atoms with Crippen LogP contribution in [0.4, 0.5) is 20.2 Å². The van der Waals surface area contributed by atoms with Crippen molar-refractivity contribution < 1.29 is 27.8 Å². The van der Waals surface area contributed by atoms with Crippen molar-refractivity contribution in [3.8, 4) is 6.07 Å². The zero-order valence-electron chi connectivity index (χ0n) is 16.5. The van der Waals surface area contributed by atoms with Gasteiger partial charge in [-0.3, -0.25) is 0 Å². The van der Waals surface area contributed by atoms with Crippen LogP contribution in [0.5, 0.6) is 0 Å². The number of hydrogen-bond donors (Lipinski definition) is 3. The molecule has 2 rings (SSSR count). The van der Waals surface area contributed by atoms with Crippen molar-refractivity contribution in [2.75, 3.05) is 25.7 Å². The van der Waals surface area contributed by atoms with Gasteiger partial charge >= 0.3 is 36.7 Å². The van der Waals surface area contributed by atoms with Crippen molar-refractivity contribution in [3.05, 3.63) is 46.0 Å². The van der Waals surface area contributed by atoms with Gasteiger partial charge in [0.1, 0.15) is 10.4 Å². The molecule has 0 unspecified atom stereocenters. The molecule has 0 fully saturated rings. The third-order valence-corrected chi connectivity index (χ3v) is 3.16. The second-order valence-electron chi connectivity index (χ2n) is 4.61. The Kier molecular flexibility index (Phi) is 16.2. The number of thiol groups is 1. The topological polar surface area (TPSA) is 167 Å². The van der Waals surface area contributed by atoms with E-state index in [-0.39, 0.29) is 27.4 Å². The van der Waals surface area contributed by atoms with Crippen LogP contribution in [0.3, 0.4) is 0 Å². The van der Waals surface area contributed by atoms with Gasteiger partial charge in [0.2, 0.25) is 0 Å². The number of nitrogens with two attached hydrogens (primary N) is 2. The number of ether oxygens (including phenoxy) is 2. The SMILES string of the molecule is CC#N.COC(=O)c1nc(Br)c(F)cc1N.COC(=O)c1ncc(F)cc1N.[B]=NS. The Balaban J connectivity index is 0. The quantitative estimate of drug-likeness (QED) is 0.235. The Hall–Kier alpha value is -3.12. The van der Waals surface area contributed by atoms with Gasteiger partial charge in [-0.05, 0) is 15.9 Å². The summed E-state index contributed by atoms with van der Waals surface area (Å²) in [6.07, 6.45) is 0.905. The van der Waals surface area contributed by atoms with Gasteiger partial charge in [0.25, 0.3) is 0 Å². The average Bonchev–Trinajstić information content (AvgIpc) is 2.71. The average molecular weight is 518 g/mol. The van der Waals surface area contributed by atoms with Crippen LogP contribution in [0, 0.1) is 23.0 Å². The van der Waals surface area contributed by atoms with E-state index in [0.717, 1.165) is 18.3 Å². The Morgan fingerprint density at radius 2 is 1.61 bits per heavy atom. The van der Waals surface area contributed by atoms with Crippen LogP contribution in [0.1, 0.15) is 27.9 Å². The summed E-state index contributed by atoms with van der Waals surface area (Å²) in [5.74, 6) is -2.57. The maximum absolute atomic E-state index is 12.8. The first kappa shape index (κ1) is 30.1. The molecule has 2 aromatic rings. The number of nitrogen functional groups attached to an aromatic ring is 2. The van der Waals surface area contributed by atoms with Gasteiger partial charge in [0.05, 0.1) is 37.9 Å². The van der Waals surface area contributed by atoms with Gasteiger partial charge in [-0.2, -0.15) is 5.26 Å². The van der Waals surface area contributed by atoms with Crippen molar-refractivity contribution in [3.63, 3.8) is 0 Å². The number of nitrogens with zero attached hydrogens (tertiary/aromatic N) is 4. The summed E-state index contributed by atoms with van der Waals surface area (Å²) < 4.78 is 36.6. The van der Waals surface area contributed by atoms with Gasteiger partial charge in [-0.1, -0.05) is 0 Å². The van der Waals surface area contributed by atoms with Crippen LogP contribution in [-0.2, 0) is 9.47 Å². The van der Waals surface area contributed by atoms with Crippen LogP contribution in [0.2, 0.25) is 0 Å². The number of pyridine rings is 2. The maximum atomic E-state index is 12.8. The van der Waals surface area contributed by atoms with E-state index in [2.05, 4.69) is 60.1 Å². The summed E-state index contributed by atoms with van der Waals surface area (Å²) in [4.78, 5) is 28.9. The molecular formula is C16H17BBrF2N6O4S. The number of hydrogen-bond acceptors (Lipinski definition) is 11. The van der Waals surface area contributed by atoms with Crippen molar-refractivity contribution in [2.45, 2.75) is 6.92 Å². The Labute approximate surface area is 191 Å². The number of rotatable bonds is 2. The molecule has 2 heterocycles. The molecule has 165 valence electrons. The van der Waals surface area contributed by atoms with Gasteiger partial charge in [-0.25, -0.2) is 28.3 Å². The van der Waals surface area contributed by atoms with Crippen LogP contribution < -0.4 is 11.5 Å². The van der Waals surface area contributed by atoms with Crippen molar-refractivity contribution in [2.24, 2.45) is 4.30 Å². The summed E-state index contributed by atoms with van der Waals surface area (Å²) in [7, 11) is 6.73. The summed E-state index contributed by atoms with van der Waals surface area (Å²) in [6.45, 7) is 1.43. The van der Waals surface area contributed by atoms with Crippen LogP contribution in [0.25, 0.3) is 0 Å². The van der Waals surface area contributed by atoms with Gasteiger partial charge in [0, 0.05) is 19.1 Å². The fourth-order valence-corrected chi connectivity index (χ4v) is 1.75. The molecule has 0 saturated carbocycles. The molecule has 1 radical (unpaired) electrons. The molecule has 0 atom stereocenters. The molecule has 0 aliphatic heterocycles. The molecule has 0 bridgehead atoms. The number of aromatic nitrogens is 2. The summed E-state index contributed by atoms with van der Waals surface area (Å²) >= 11 is 6.02. The molecule has 0 saturated heterocycles. The number of nitriles is 1. The minimum atomic E-state index is -0.696. The van der Waals surface area contributed by atoms with Crippen LogP contribution in [0.15, 0.2) is 27.2 Å². The number of halogens is 3. The van der Waals surface area contributed by atoms with E-state index in [1.165, 1.54) is 21.1 Å². The Bertz CT molecular complexity index is 949. The van der Waals surface area contributed by atoms with Crippen molar-refractivity contribution in [1.82, 2.24) is 9.97 Å². The Morgan fingerprint density at radius 1 is 1.19 bits per heavy atom. The van der Waals surface area contributed by atoms with Crippen LogP contribution in [-0.4, -0.2) is 43.8 Å². The summed E-state index contributed by atoms with van der Waals surface area (Å²) in [5.41, 5.74) is 10.4. The molecule has 0 aliphatic rings. The molecule has 0 amide bonds. The second-order valence-corrected chi connectivity index (χ2v) is 5.59. The summed E-state index contributed by atoms with van der Waals surface area (Å²) in [5, 5.41) is 7.32. The van der Waals surface area contributed by atoms with Crippen LogP contribution >= 0.6 is 28.7 Å². The zero-order chi connectivity index (χ0) is 24.6. The van der Waals surface area contributed by atoms with Crippen molar-refractivity contribution >= 4 is 59.7 Å². The van der Waals surface area contributed by atoms with E-state index in [1.807, 2.05) is 0 Å². The number of carbonyl (C=O) groups excluding carboxylic acids is 2. The van der Waals surface area contributed by atoms with E-state index in [9.17, 15) is 18.4 Å². The van der Waals surface area contributed by atoms with Crippen molar-refractivity contribution in [1.29, 1.82) is 5.26 Å². The standard InChI is InChI=1S/C7H6BrFN2O2.C7H7FN2O2.C2H3N.BHNS/c1-13-7(12)5-4(10)2-3(9)6(8)11-5;1-12-7(11)6-5(9)2-4(8)3-10-6;2*1-2-3/h2H,10H2,1H3;2-3H,9H2,1H3;1H3;3H. The predicted molar refractivity (Wildman–Crippen MR) is 116 cm³/mol. The predicted octanol–water partition coefficient (Wildman–Crippen LogP) is 2.65. The van der Waals surface area contributed by atoms with Gasteiger partial charge in [0.15, 0.2) is 17.2 Å². The van der Waals surface area contributed by atoms with E-state index < -0.39 is 23.6 Å². The minimum absolute atomic E-state index is 0.0261. The summed E-state index contributed by atoms with van der Waals surface area (Å²) in [6, 6.07) is 3.77. The van der Waals surface area contributed by atoms with E-state index >= 15 is 0 Å². The Morgan fingerprint density at radius 3 is 2.03 bits per heavy atom. The molecule has 31 heavy (non-hydrogen) atoms. The zero-order valence-corrected chi connectivity index (χ0v) is 18.9. The van der Waals surface area contributed by atoms with E-state index in [1.54, 1.807) is 6.07 Å². The molecule has 4 N–H and O–H groups in total. The van der Waals surface area contributed by atoms with E-state index in [4.69, 9.17) is 16.7 Å². The molecule has 0 spiro atoms. The normalized spacial score (nSPS) is 8.42. The first-order valence-corrected chi connectivity index (χ1v) is 8.77. The van der Waals surface area contributed by atoms with Gasteiger partial charge < -0.3 is 20.9 Å². The third-order valence-electron chi connectivity index (χ3n) is 2.60. The molecule has 15 heteroatoms. The number of methoxy groups -OCH3 is 2. The molecule has 2 aromatic heterocycles. The number of carbonyl (C=O) groups is 2. The van der Waals surface area contributed by atoms with E-state index in [0.29, 0.717) is 0 Å². The third kappa shape index (κ3) is 11.6. The number of anilines is 2.